The molecule has 0 saturated carbocycles. The number of hydrazone groups is 1. The molecule has 0 heterocycles. The minimum absolute atomic E-state index is 0.341. The Bertz CT molecular complexity index is 966. The Kier molecular flexibility index (Phi) is 6.41. The summed E-state index contributed by atoms with van der Waals surface area (Å²) < 4.78 is 11.1. The molecule has 28 heavy (non-hydrogen) atoms. The molecule has 5 heteroatoms. The highest BCUT2D eigenvalue weighted by atomic mass is 16.5. The van der Waals surface area contributed by atoms with Crippen molar-refractivity contribution in [1.29, 1.82) is 0 Å². The van der Waals surface area contributed by atoms with E-state index in [1.165, 1.54) is 12.7 Å². The van der Waals surface area contributed by atoms with E-state index in [0.29, 0.717) is 23.7 Å². The molecule has 3 rings (SSSR count). The summed E-state index contributed by atoms with van der Waals surface area (Å²) in [7, 11) is 1.52. The van der Waals surface area contributed by atoms with Gasteiger partial charge in [0.1, 0.15) is 18.1 Å². The van der Waals surface area contributed by atoms with Gasteiger partial charge in [-0.25, -0.2) is 5.43 Å². The van der Waals surface area contributed by atoms with E-state index in [-0.39, 0.29) is 5.91 Å². The standard InChI is InChI=1S/C23H22N2O3/c1-17-11-13-18(14-12-17)16-28-21-9-5-3-7-19(21)15-24-25-23(26)20-8-4-6-10-22(20)27-2/h3-15H,16H2,1-2H3,(H,25,26)/b24-15+. The maximum Gasteiger partial charge on any atom is 0.275 e. The van der Waals surface area contributed by atoms with Crippen molar-refractivity contribution in [1.82, 2.24) is 5.43 Å². The number of methoxy groups -OCH3 is 1. The van der Waals surface area contributed by atoms with Crippen LogP contribution in [-0.2, 0) is 6.61 Å². The van der Waals surface area contributed by atoms with Gasteiger partial charge in [-0.05, 0) is 36.8 Å². The number of amides is 1. The molecule has 1 amide bonds. The van der Waals surface area contributed by atoms with Crippen molar-refractivity contribution < 1.29 is 14.3 Å². The Balaban J connectivity index is 1.65. The fourth-order valence-electron chi connectivity index (χ4n) is 2.62. The molecule has 0 fully saturated rings. The average Bonchev–Trinajstić information content (AvgIpc) is 2.74. The van der Waals surface area contributed by atoms with Crippen molar-refractivity contribution >= 4 is 12.1 Å². The minimum atomic E-state index is -0.341. The Morgan fingerprint density at radius 3 is 2.39 bits per heavy atom. The van der Waals surface area contributed by atoms with Crippen LogP contribution in [0.25, 0.3) is 0 Å². The molecule has 3 aromatic rings. The van der Waals surface area contributed by atoms with Crippen molar-refractivity contribution in [2.24, 2.45) is 5.10 Å². The van der Waals surface area contributed by atoms with E-state index in [2.05, 4.69) is 29.6 Å². The zero-order chi connectivity index (χ0) is 19.8. The molecule has 1 N–H and O–H groups in total. The molecule has 3 aromatic carbocycles. The maximum absolute atomic E-state index is 12.3. The number of aryl methyl sites for hydroxylation is 1. The molecule has 142 valence electrons. The van der Waals surface area contributed by atoms with Gasteiger partial charge in [0, 0.05) is 5.56 Å². The molecule has 0 unspecified atom stereocenters. The predicted octanol–water partition coefficient (Wildman–Crippen LogP) is 4.35. The first kappa shape index (κ1) is 19.2. The van der Waals surface area contributed by atoms with Gasteiger partial charge in [0.25, 0.3) is 5.91 Å². The minimum Gasteiger partial charge on any atom is -0.496 e. The summed E-state index contributed by atoms with van der Waals surface area (Å²) >= 11 is 0. The Morgan fingerprint density at radius 2 is 1.64 bits per heavy atom. The van der Waals surface area contributed by atoms with Gasteiger partial charge in [-0.15, -0.1) is 0 Å². The first-order valence-corrected chi connectivity index (χ1v) is 8.91. The average molecular weight is 374 g/mol. The molecule has 0 atom stereocenters. The third kappa shape index (κ3) is 4.98. The SMILES string of the molecule is COc1ccccc1C(=O)N/N=C/c1ccccc1OCc1ccc(C)cc1. The second kappa shape index (κ2) is 9.37. The second-order valence-corrected chi connectivity index (χ2v) is 6.21. The van der Waals surface area contributed by atoms with Crippen LogP contribution in [0.2, 0.25) is 0 Å². The first-order chi connectivity index (χ1) is 13.7. The van der Waals surface area contributed by atoms with E-state index in [1.807, 2.05) is 36.4 Å². The predicted molar refractivity (Wildman–Crippen MR) is 110 cm³/mol. The molecule has 0 aliphatic rings. The van der Waals surface area contributed by atoms with Crippen LogP contribution in [0.15, 0.2) is 77.9 Å². The molecular formula is C23H22N2O3. The first-order valence-electron chi connectivity index (χ1n) is 8.91. The van der Waals surface area contributed by atoms with E-state index in [0.717, 1.165) is 11.1 Å². The third-order valence-electron chi connectivity index (χ3n) is 4.16. The maximum atomic E-state index is 12.3. The Hall–Kier alpha value is -3.60. The van der Waals surface area contributed by atoms with E-state index in [4.69, 9.17) is 9.47 Å². The van der Waals surface area contributed by atoms with Crippen LogP contribution in [0.1, 0.15) is 27.0 Å². The van der Waals surface area contributed by atoms with Crippen molar-refractivity contribution in [2.45, 2.75) is 13.5 Å². The number of hydrogen-bond acceptors (Lipinski definition) is 4. The molecule has 0 aliphatic carbocycles. The lowest BCUT2D eigenvalue weighted by atomic mass is 10.1. The number of para-hydroxylation sites is 2. The van der Waals surface area contributed by atoms with Gasteiger partial charge in [-0.1, -0.05) is 54.1 Å². The van der Waals surface area contributed by atoms with E-state index < -0.39 is 0 Å². The number of rotatable bonds is 7. The fourth-order valence-corrected chi connectivity index (χ4v) is 2.62. The van der Waals surface area contributed by atoms with Gasteiger partial charge in [0.05, 0.1) is 18.9 Å². The monoisotopic (exact) mass is 374 g/mol. The summed E-state index contributed by atoms with van der Waals surface area (Å²) in [6.07, 6.45) is 1.57. The van der Waals surface area contributed by atoms with E-state index >= 15 is 0 Å². The zero-order valence-electron chi connectivity index (χ0n) is 15.9. The lowest BCUT2D eigenvalue weighted by Crippen LogP contribution is -2.18. The highest BCUT2D eigenvalue weighted by molar-refractivity contribution is 5.97. The van der Waals surface area contributed by atoms with Crippen LogP contribution in [-0.4, -0.2) is 19.2 Å². The lowest BCUT2D eigenvalue weighted by Gasteiger charge is -2.09. The van der Waals surface area contributed by atoms with E-state index in [9.17, 15) is 4.79 Å². The Labute approximate surface area is 164 Å². The summed E-state index contributed by atoms with van der Waals surface area (Å²) in [4.78, 5) is 12.3. The molecular weight excluding hydrogens is 352 g/mol. The normalized spacial score (nSPS) is 10.6. The van der Waals surface area contributed by atoms with Crippen LogP contribution >= 0.6 is 0 Å². The lowest BCUT2D eigenvalue weighted by molar-refractivity contribution is 0.0952. The van der Waals surface area contributed by atoms with Crippen LogP contribution in [0.3, 0.4) is 0 Å². The largest absolute Gasteiger partial charge is 0.496 e. The third-order valence-corrected chi connectivity index (χ3v) is 4.16. The van der Waals surface area contributed by atoms with Gasteiger partial charge in [-0.2, -0.15) is 5.10 Å². The summed E-state index contributed by atoms with van der Waals surface area (Å²) in [5.74, 6) is 0.849. The van der Waals surface area contributed by atoms with Crippen LogP contribution < -0.4 is 14.9 Å². The van der Waals surface area contributed by atoms with Crippen molar-refractivity contribution in [3.8, 4) is 11.5 Å². The Morgan fingerprint density at radius 1 is 0.964 bits per heavy atom. The molecule has 0 spiro atoms. The number of nitrogens with one attached hydrogen (secondary N) is 1. The van der Waals surface area contributed by atoms with Crippen LogP contribution in [0, 0.1) is 6.92 Å². The number of nitrogens with zero attached hydrogens (tertiary/aromatic N) is 1. The van der Waals surface area contributed by atoms with Crippen LogP contribution in [0.5, 0.6) is 11.5 Å². The molecule has 0 aliphatic heterocycles. The van der Waals surface area contributed by atoms with Crippen molar-refractivity contribution in [3.05, 3.63) is 95.1 Å². The molecule has 0 saturated heterocycles. The number of carbonyl (C=O) groups excluding carboxylic acids is 1. The van der Waals surface area contributed by atoms with Gasteiger partial charge >= 0.3 is 0 Å². The molecule has 5 nitrogen and oxygen atoms in total. The number of benzene rings is 3. The van der Waals surface area contributed by atoms with Crippen molar-refractivity contribution in [2.75, 3.05) is 7.11 Å². The summed E-state index contributed by atoms with van der Waals surface area (Å²) in [6.45, 7) is 2.51. The van der Waals surface area contributed by atoms with Gasteiger partial charge in [0.15, 0.2) is 0 Å². The fraction of sp³-hybridized carbons (Fsp3) is 0.130. The number of carbonyl (C=O) groups is 1. The smallest absolute Gasteiger partial charge is 0.275 e. The number of ether oxygens (including phenoxy) is 2. The van der Waals surface area contributed by atoms with Gasteiger partial charge in [-0.3, -0.25) is 4.79 Å². The molecule has 0 bridgehead atoms. The topological polar surface area (TPSA) is 59.9 Å². The van der Waals surface area contributed by atoms with Gasteiger partial charge < -0.3 is 9.47 Å². The number of hydrogen-bond donors (Lipinski definition) is 1. The summed E-state index contributed by atoms with van der Waals surface area (Å²) in [6, 6.07) is 22.7. The van der Waals surface area contributed by atoms with Gasteiger partial charge in [0.2, 0.25) is 0 Å². The molecule has 0 radical (unpaired) electrons. The summed E-state index contributed by atoms with van der Waals surface area (Å²) in [5.41, 5.74) is 6.01. The van der Waals surface area contributed by atoms with E-state index in [1.54, 1.807) is 30.5 Å². The molecule has 0 aromatic heterocycles. The van der Waals surface area contributed by atoms with Crippen molar-refractivity contribution in [3.63, 3.8) is 0 Å². The highest BCUT2D eigenvalue weighted by Gasteiger charge is 2.10. The quantitative estimate of drug-likeness (QED) is 0.494. The highest BCUT2D eigenvalue weighted by Crippen LogP contribution is 2.19. The summed E-state index contributed by atoms with van der Waals surface area (Å²) in [5, 5.41) is 4.06. The van der Waals surface area contributed by atoms with Crippen LogP contribution in [0.4, 0.5) is 0 Å². The second-order valence-electron chi connectivity index (χ2n) is 6.21. The zero-order valence-corrected chi connectivity index (χ0v) is 15.9.